The van der Waals surface area contributed by atoms with E-state index in [9.17, 15) is 0 Å². The van der Waals surface area contributed by atoms with Crippen molar-refractivity contribution in [3.63, 3.8) is 0 Å². The van der Waals surface area contributed by atoms with Crippen LogP contribution < -0.4 is 5.32 Å². The first kappa shape index (κ1) is 17.3. The van der Waals surface area contributed by atoms with Crippen molar-refractivity contribution >= 4 is 5.96 Å². The van der Waals surface area contributed by atoms with Gasteiger partial charge < -0.3 is 14.8 Å². The van der Waals surface area contributed by atoms with Gasteiger partial charge in [0.25, 0.3) is 0 Å². The molecule has 0 bridgehead atoms. The molecule has 134 valence electrons. The summed E-state index contributed by atoms with van der Waals surface area (Å²) in [7, 11) is 0. The second kappa shape index (κ2) is 7.58. The Kier molecular flexibility index (Phi) is 5.47. The van der Waals surface area contributed by atoms with Crippen LogP contribution in [0.3, 0.4) is 0 Å². The van der Waals surface area contributed by atoms with Crippen LogP contribution in [0.25, 0.3) is 0 Å². The Morgan fingerprint density at radius 1 is 1.33 bits per heavy atom. The van der Waals surface area contributed by atoms with Gasteiger partial charge in [-0.25, -0.2) is 9.98 Å². The molecule has 1 spiro atoms. The minimum Gasteiger partial charge on any atom is -0.357 e. The van der Waals surface area contributed by atoms with Crippen LogP contribution in [0.1, 0.15) is 58.7 Å². The van der Waals surface area contributed by atoms with Gasteiger partial charge in [0.1, 0.15) is 12.4 Å². The average molecular weight is 332 g/mol. The van der Waals surface area contributed by atoms with Crippen molar-refractivity contribution in [3.05, 3.63) is 18.2 Å². The highest BCUT2D eigenvalue weighted by atomic mass is 15.3. The highest BCUT2D eigenvalue weighted by Crippen LogP contribution is 2.45. The zero-order chi connectivity index (χ0) is 17.0. The molecule has 0 amide bonds. The first-order chi connectivity index (χ1) is 11.6. The van der Waals surface area contributed by atoms with Crippen molar-refractivity contribution in [2.75, 3.05) is 19.6 Å². The molecule has 2 fully saturated rings. The Hall–Kier alpha value is -1.52. The van der Waals surface area contributed by atoms with Crippen LogP contribution >= 0.6 is 0 Å². The van der Waals surface area contributed by atoms with E-state index >= 15 is 0 Å². The predicted molar refractivity (Wildman–Crippen MR) is 99.0 cm³/mol. The van der Waals surface area contributed by atoms with Crippen molar-refractivity contribution in [2.45, 2.75) is 66.0 Å². The molecule has 2 heterocycles. The summed E-state index contributed by atoms with van der Waals surface area (Å²) < 4.78 is 2.24. The fourth-order valence-corrected chi connectivity index (χ4v) is 4.27. The van der Waals surface area contributed by atoms with Crippen LogP contribution in [-0.2, 0) is 13.1 Å². The van der Waals surface area contributed by atoms with Gasteiger partial charge in [0.15, 0.2) is 5.96 Å². The molecule has 5 nitrogen and oxygen atoms in total. The lowest BCUT2D eigenvalue weighted by atomic mass is 9.86. The number of aliphatic imine (C=N–C) groups is 1. The predicted octanol–water partition coefficient (Wildman–Crippen LogP) is 3.27. The van der Waals surface area contributed by atoms with E-state index in [1.807, 2.05) is 6.20 Å². The van der Waals surface area contributed by atoms with E-state index in [-0.39, 0.29) is 0 Å². The second-order valence-electron chi connectivity index (χ2n) is 7.94. The van der Waals surface area contributed by atoms with Crippen LogP contribution in [0.2, 0.25) is 0 Å². The third-order valence-corrected chi connectivity index (χ3v) is 5.47. The number of guanidine groups is 1. The van der Waals surface area contributed by atoms with Gasteiger partial charge in [0.2, 0.25) is 0 Å². The van der Waals surface area contributed by atoms with Crippen LogP contribution in [0.4, 0.5) is 0 Å². The highest BCUT2D eigenvalue weighted by Gasteiger charge is 2.41. The quantitative estimate of drug-likeness (QED) is 0.665. The lowest BCUT2D eigenvalue weighted by molar-refractivity contribution is 0.309. The van der Waals surface area contributed by atoms with E-state index in [4.69, 9.17) is 4.99 Å². The van der Waals surface area contributed by atoms with Gasteiger partial charge >= 0.3 is 0 Å². The van der Waals surface area contributed by atoms with Crippen LogP contribution in [-0.4, -0.2) is 40.0 Å². The number of hydrogen-bond acceptors (Lipinski definition) is 2. The third-order valence-electron chi connectivity index (χ3n) is 5.47. The lowest BCUT2D eigenvalue weighted by Crippen LogP contribution is -2.41. The molecule has 1 aromatic heterocycles. The number of imidazole rings is 1. The maximum Gasteiger partial charge on any atom is 0.194 e. The Morgan fingerprint density at radius 3 is 2.83 bits per heavy atom. The third kappa shape index (κ3) is 3.93. The molecule has 5 heteroatoms. The van der Waals surface area contributed by atoms with Gasteiger partial charge in [-0.15, -0.1) is 0 Å². The first-order valence-corrected chi connectivity index (χ1v) is 9.65. The molecule has 0 atom stereocenters. The topological polar surface area (TPSA) is 45.5 Å². The average Bonchev–Trinajstić information content (AvgIpc) is 3.27. The summed E-state index contributed by atoms with van der Waals surface area (Å²) >= 11 is 0. The molecule has 0 aromatic carbocycles. The molecular weight excluding hydrogens is 298 g/mol. The summed E-state index contributed by atoms with van der Waals surface area (Å²) in [5.74, 6) is 2.75. The Morgan fingerprint density at radius 2 is 2.12 bits per heavy atom. The summed E-state index contributed by atoms with van der Waals surface area (Å²) in [6, 6.07) is 0. The van der Waals surface area contributed by atoms with E-state index in [1.165, 1.54) is 38.6 Å². The zero-order valence-corrected chi connectivity index (χ0v) is 15.6. The number of rotatable bonds is 5. The van der Waals surface area contributed by atoms with Gasteiger partial charge in [-0.05, 0) is 37.5 Å². The summed E-state index contributed by atoms with van der Waals surface area (Å²) in [5, 5.41) is 3.49. The molecule has 24 heavy (non-hydrogen) atoms. The summed E-state index contributed by atoms with van der Waals surface area (Å²) in [5.41, 5.74) is 0.576. The van der Waals surface area contributed by atoms with Crippen molar-refractivity contribution in [1.29, 1.82) is 0 Å². The van der Waals surface area contributed by atoms with Crippen molar-refractivity contribution in [2.24, 2.45) is 16.3 Å². The van der Waals surface area contributed by atoms with Crippen LogP contribution in [0, 0.1) is 11.3 Å². The molecule has 2 aliphatic rings. The Labute approximate surface area is 146 Å². The fourth-order valence-electron chi connectivity index (χ4n) is 4.27. The molecule has 3 rings (SSSR count). The fraction of sp³-hybridized carbons (Fsp3) is 0.789. The molecule has 1 aromatic rings. The number of nitrogens with zero attached hydrogens (tertiary/aromatic N) is 4. The van der Waals surface area contributed by atoms with Gasteiger partial charge in [-0.2, -0.15) is 0 Å². The monoisotopic (exact) mass is 331 g/mol. The summed E-state index contributed by atoms with van der Waals surface area (Å²) in [4.78, 5) is 11.9. The van der Waals surface area contributed by atoms with Crippen LogP contribution in [0.5, 0.6) is 0 Å². The molecule has 1 saturated heterocycles. The van der Waals surface area contributed by atoms with E-state index in [0.717, 1.165) is 31.4 Å². The molecule has 1 N–H and O–H groups in total. The van der Waals surface area contributed by atoms with Gasteiger partial charge in [0.05, 0.1) is 0 Å². The number of likely N-dealkylation sites (tertiary alicyclic amines) is 1. The second-order valence-corrected chi connectivity index (χ2v) is 7.94. The van der Waals surface area contributed by atoms with Crippen LogP contribution in [0.15, 0.2) is 17.4 Å². The van der Waals surface area contributed by atoms with E-state index in [2.05, 4.69) is 46.7 Å². The minimum absolute atomic E-state index is 0.576. The highest BCUT2D eigenvalue weighted by molar-refractivity contribution is 5.80. The molecule has 1 saturated carbocycles. The van der Waals surface area contributed by atoms with Gasteiger partial charge in [-0.3, -0.25) is 0 Å². The largest absolute Gasteiger partial charge is 0.357 e. The number of hydrogen-bond donors (Lipinski definition) is 1. The summed E-state index contributed by atoms with van der Waals surface area (Å²) in [6.07, 6.45) is 10.9. The van der Waals surface area contributed by atoms with E-state index in [1.54, 1.807) is 0 Å². The van der Waals surface area contributed by atoms with Crippen molar-refractivity contribution in [3.8, 4) is 0 Å². The number of aromatic nitrogens is 2. The maximum absolute atomic E-state index is 4.91. The van der Waals surface area contributed by atoms with Crippen molar-refractivity contribution < 1.29 is 0 Å². The normalized spacial score (nSPS) is 20.5. The standard InChI is InChI=1S/C19H33N5/c1-4-20-18(24-11-9-19(15-24)7-5-6-8-19)22-13-17-21-10-12-23(17)14-16(2)3/h10,12,16H,4-9,11,13-15H2,1-3H3,(H,20,22). The molecule has 0 unspecified atom stereocenters. The molecule has 1 aliphatic carbocycles. The summed E-state index contributed by atoms with van der Waals surface area (Å²) in [6.45, 7) is 11.5. The van der Waals surface area contributed by atoms with E-state index < -0.39 is 0 Å². The maximum atomic E-state index is 4.91. The van der Waals surface area contributed by atoms with E-state index in [0.29, 0.717) is 17.9 Å². The zero-order valence-electron chi connectivity index (χ0n) is 15.6. The van der Waals surface area contributed by atoms with Crippen molar-refractivity contribution in [1.82, 2.24) is 19.8 Å². The molecular formula is C19H33N5. The molecule has 0 radical (unpaired) electrons. The minimum atomic E-state index is 0.576. The van der Waals surface area contributed by atoms with Gasteiger partial charge in [-0.1, -0.05) is 26.7 Å². The Balaban J connectivity index is 1.67. The van der Waals surface area contributed by atoms with Gasteiger partial charge in [0, 0.05) is 38.6 Å². The number of nitrogens with one attached hydrogen (secondary N) is 1. The smallest absolute Gasteiger partial charge is 0.194 e. The Bertz CT molecular complexity index is 554. The lowest BCUT2D eigenvalue weighted by Gasteiger charge is -2.26. The molecule has 1 aliphatic heterocycles. The first-order valence-electron chi connectivity index (χ1n) is 9.65. The SMILES string of the molecule is CCNC(=NCc1nccn1CC(C)C)N1CCC2(CCCC2)C1.